The third kappa shape index (κ3) is 6.41. The van der Waals surface area contributed by atoms with E-state index in [9.17, 15) is 13.2 Å². The molecule has 0 aliphatic rings. The zero-order chi connectivity index (χ0) is 22.6. The largest absolute Gasteiger partial charge is 0.332 e. The summed E-state index contributed by atoms with van der Waals surface area (Å²) in [7, 11) is -3.83. The van der Waals surface area contributed by atoms with Crippen molar-refractivity contribution in [1.29, 1.82) is 0 Å². The summed E-state index contributed by atoms with van der Waals surface area (Å²) in [6.07, 6.45) is 0. The molecule has 0 aliphatic heterocycles. The van der Waals surface area contributed by atoms with Crippen molar-refractivity contribution in [3.05, 3.63) is 82.3 Å². The molecule has 0 atom stereocenters. The molecule has 3 aromatic rings. The van der Waals surface area contributed by atoms with E-state index in [2.05, 4.69) is 15.4 Å². The Bertz CT molecular complexity index is 1230. The second kappa shape index (κ2) is 9.65. The molecular formula is C21H17Cl2N3O3S2. The van der Waals surface area contributed by atoms with Crippen LogP contribution in [0.2, 0.25) is 10.0 Å². The van der Waals surface area contributed by atoms with Crippen LogP contribution in [-0.4, -0.2) is 19.3 Å². The molecule has 0 heterocycles. The molecule has 0 saturated heterocycles. The van der Waals surface area contributed by atoms with Gasteiger partial charge in [0.05, 0.1) is 10.6 Å². The highest BCUT2D eigenvalue weighted by Gasteiger charge is 2.15. The van der Waals surface area contributed by atoms with Crippen LogP contribution in [0.3, 0.4) is 0 Å². The second-order valence-corrected chi connectivity index (χ2v) is 9.47. The van der Waals surface area contributed by atoms with E-state index in [0.29, 0.717) is 32.1 Å². The molecule has 0 aliphatic carbocycles. The first kappa shape index (κ1) is 23.0. The van der Waals surface area contributed by atoms with Crippen molar-refractivity contribution >= 4 is 73.4 Å². The predicted octanol–water partition coefficient (Wildman–Crippen LogP) is 5.81. The van der Waals surface area contributed by atoms with Gasteiger partial charge in [-0.3, -0.25) is 9.52 Å². The van der Waals surface area contributed by atoms with E-state index in [1.165, 1.54) is 37.3 Å². The fraction of sp³-hybridized carbons (Fsp3) is 0.0476. The van der Waals surface area contributed by atoms with Gasteiger partial charge in [-0.25, -0.2) is 8.42 Å². The number of ketones is 1. The van der Waals surface area contributed by atoms with Gasteiger partial charge >= 0.3 is 0 Å². The Morgan fingerprint density at radius 1 is 0.839 bits per heavy atom. The Kier molecular flexibility index (Phi) is 7.17. The normalized spacial score (nSPS) is 10.9. The summed E-state index contributed by atoms with van der Waals surface area (Å²) in [6.45, 7) is 1.49. The summed E-state index contributed by atoms with van der Waals surface area (Å²) in [4.78, 5) is 11.5. The van der Waals surface area contributed by atoms with Gasteiger partial charge in [-0.1, -0.05) is 35.3 Å². The first-order valence-corrected chi connectivity index (χ1v) is 11.5. The number of carbonyl (C=O) groups excluding carboxylic acids is 1. The number of nitrogens with one attached hydrogen (secondary N) is 3. The average molecular weight is 494 g/mol. The third-order valence-electron chi connectivity index (χ3n) is 4.06. The maximum Gasteiger partial charge on any atom is 0.261 e. The SMILES string of the molecule is CC(=O)c1cccc(NC(=S)Nc2ccc(S(=O)(=O)Nc3cc(Cl)cc(Cl)c3)cc2)c1. The number of rotatable bonds is 6. The van der Waals surface area contributed by atoms with Crippen LogP contribution in [0, 0.1) is 0 Å². The van der Waals surface area contributed by atoms with E-state index < -0.39 is 10.0 Å². The van der Waals surface area contributed by atoms with Crippen molar-refractivity contribution in [2.75, 3.05) is 15.4 Å². The predicted molar refractivity (Wildman–Crippen MR) is 130 cm³/mol. The number of carbonyl (C=O) groups is 1. The Labute approximate surface area is 195 Å². The first-order chi connectivity index (χ1) is 14.6. The molecule has 0 fully saturated rings. The molecule has 160 valence electrons. The maximum atomic E-state index is 12.6. The van der Waals surface area contributed by atoms with Gasteiger partial charge in [-0.2, -0.15) is 0 Å². The summed E-state index contributed by atoms with van der Waals surface area (Å²) >= 11 is 17.1. The van der Waals surface area contributed by atoms with E-state index in [1.54, 1.807) is 36.4 Å². The Morgan fingerprint density at radius 3 is 2.06 bits per heavy atom. The zero-order valence-corrected chi connectivity index (χ0v) is 19.3. The number of halogens is 2. The van der Waals surface area contributed by atoms with Gasteiger partial charge in [0, 0.05) is 27.0 Å². The summed E-state index contributed by atoms with van der Waals surface area (Å²) < 4.78 is 27.6. The number of sulfonamides is 1. The van der Waals surface area contributed by atoms with Gasteiger partial charge in [0.15, 0.2) is 10.9 Å². The van der Waals surface area contributed by atoms with E-state index in [4.69, 9.17) is 35.4 Å². The monoisotopic (exact) mass is 493 g/mol. The van der Waals surface area contributed by atoms with Crippen LogP contribution >= 0.6 is 35.4 Å². The molecule has 6 nitrogen and oxygen atoms in total. The molecule has 0 amide bonds. The Balaban J connectivity index is 1.67. The van der Waals surface area contributed by atoms with Gasteiger partial charge < -0.3 is 10.6 Å². The number of anilines is 3. The average Bonchev–Trinajstić information content (AvgIpc) is 2.67. The standard InChI is InChI=1S/C21H17Cl2N3O3S2/c1-13(27)14-3-2-4-18(9-14)25-21(30)24-17-5-7-20(8-6-17)31(28,29)26-19-11-15(22)10-16(23)12-19/h2-12,26H,1H3,(H2,24,25,30). The Hall–Kier alpha value is -2.65. The Morgan fingerprint density at radius 2 is 1.45 bits per heavy atom. The molecule has 0 radical (unpaired) electrons. The molecule has 0 aromatic heterocycles. The molecule has 31 heavy (non-hydrogen) atoms. The topological polar surface area (TPSA) is 87.3 Å². The lowest BCUT2D eigenvalue weighted by atomic mass is 10.1. The van der Waals surface area contributed by atoms with Crippen LogP contribution < -0.4 is 15.4 Å². The molecule has 10 heteroatoms. The fourth-order valence-corrected chi connectivity index (χ4v) is 4.46. The zero-order valence-electron chi connectivity index (χ0n) is 16.1. The maximum absolute atomic E-state index is 12.6. The molecule has 0 saturated carbocycles. The molecule has 0 bridgehead atoms. The summed E-state index contributed by atoms with van der Waals surface area (Å²) in [6, 6.07) is 17.4. The first-order valence-electron chi connectivity index (χ1n) is 8.90. The van der Waals surface area contributed by atoms with Crippen molar-refractivity contribution in [2.24, 2.45) is 0 Å². The second-order valence-electron chi connectivity index (χ2n) is 6.50. The lowest BCUT2D eigenvalue weighted by Gasteiger charge is -2.12. The number of benzene rings is 3. The lowest BCUT2D eigenvalue weighted by Crippen LogP contribution is -2.19. The minimum Gasteiger partial charge on any atom is -0.332 e. The van der Waals surface area contributed by atoms with Crippen LogP contribution in [0.25, 0.3) is 0 Å². The minimum atomic E-state index is -3.83. The molecule has 3 N–H and O–H groups in total. The van der Waals surface area contributed by atoms with E-state index in [-0.39, 0.29) is 16.4 Å². The van der Waals surface area contributed by atoms with Crippen LogP contribution in [-0.2, 0) is 10.0 Å². The molecule has 3 aromatic carbocycles. The highest BCUT2D eigenvalue weighted by molar-refractivity contribution is 7.92. The van der Waals surface area contributed by atoms with Crippen molar-refractivity contribution in [3.8, 4) is 0 Å². The lowest BCUT2D eigenvalue weighted by molar-refractivity contribution is 0.101. The number of thiocarbonyl (C=S) groups is 1. The van der Waals surface area contributed by atoms with Crippen molar-refractivity contribution in [2.45, 2.75) is 11.8 Å². The summed E-state index contributed by atoms with van der Waals surface area (Å²) in [5.74, 6) is -0.0482. The number of hydrogen-bond donors (Lipinski definition) is 3. The summed E-state index contributed by atoms with van der Waals surface area (Å²) in [5.41, 5.74) is 2.08. The minimum absolute atomic E-state index is 0.0482. The van der Waals surface area contributed by atoms with Crippen LogP contribution in [0.4, 0.5) is 17.1 Å². The van der Waals surface area contributed by atoms with Crippen molar-refractivity contribution < 1.29 is 13.2 Å². The van der Waals surface area contributed by atoms with E-state index in [1.807, 2.05) is 0 Å². The van der Waals surface area contributed by atoms with Gasteiger partial charge in [-0.15, -0.1) is 0 Å². The number of Topliss-reactive ketones (excluding diaryl/α,β-unsaturated/α-hetero) is 1. The van der Waals surface area contributed by atoms with Crippen LogP contribution in [0.15, 0.2) is 71.6 Å². The smallest absolute Gasteiger partial charge is 0.261 e. The van der Waals surface area contributed by atoms with Crippen LogP contribution in [0.1, 0.15) is 17.3 Å². The van der Waals surface area contributed by atoms with Gasteiger partial charge in [0.25, 0.3) is 10.0 Å². The highest BCUT2D eigenvalue weighted by Crippen LogP contribution is 2.25. The molecule has 3 rings (SSSR count). The van der Waals surface area contributed by atoms with Crippen molar-refractivity contribution in [3.63, 3.8) is 0 Å². The van der Waals surface area contributed by atoms with Gasteiger partial charge in [0.1, 0.15) is 0 Å². The summed E-state index contributed by atoms with van der Waals surface area (Å²) in [5, 5.41) is 6.89. The fourth-order valence-electron chi connectivity index (χ4n) is 2.65. The molecule has 0 spiro atoms. The van der Waals surface area contributed by atoms with Gasteiger partial charge in [-0.05, 0) is 73.7 Å². The quantitative estimate of drug-likeness (QED) is 0.296. The van der Waals surface area contributed by atoms with E-state index in [0.717, 1.165) is 0 Å². The van der Waals surface area contributed by atoms with Crippen molar-refractivity contribution in [1.82, 2.24) is 0 Å². The molecular weight excluding hydrogens is 477 g/mol. The number of hydrogen-bond acceptors (Lipinski definition) is 4. The van der Waals surface area contributed by atoms with Crippen LogP contribution in [0.5, 0.6) is 0 Å². The highest BCUT2D eigenvalue weighted by atomic mass is 35.5. The third-order valence-corrected chi connectivity index (χ3v) is 6.10. The molecule has 0 unspecified atom stereocenters. The van der Waals surface area contributed by atoms with Gasteiger partial charge in [0.2, 0.25) is 0 Å². The van der Waals surface area contributed by atoms with E-state index >= 15 is 0 Å².